The third-order valence-electron chi connectivity index (χ3n) is 3.82. The maximum absolute atomic E-state index is 12.1. The summed E-state index contributed by atoms with van der Waals surface area (Å²) in [5.41, 5.74) is 0.762. The maximum atomic E-state index is 12.1. The smallest absolute Gasteiger partial charge is 0.265 e. The number of ether oxygens (including phenoxy) is 1. The molecule has 106 valence electrons. The largest absolute Gasteiger partial charge is 0.482 e. The molecule has 2 heterocycles. The second kappa shape index (κ2) is 5.53. The summed E-state index contributed by atoms with van der Waals surface area (Å²) in [6, 6.07) is 7.45. The second-order valence-corrected chi connectivity index (χ2v) is 5.14. The van der Waals surface area contributed by atoms with Crippen molar-refractivity contribution in [3.63, 3.8) is 0 Å². The molecule has 0 unspecified atom stereocenters. The number of hydrogen-bond donors (Lipinski definition) is 0. The Hall–Kier alpha value is -2.04. The number of para-hydroxylation sites is 2. The third-order valence-corrected chi connectivity index (χ3v) is 3.82. The van der Waals surface area contributed by atoms with Crippen LogP contribution >= 0.6 is 0 Å². The quantitative estimate of drug-likeness (QED) is 0.837. The Morgan fingerprint density at radius 2 is 1.95 bits per heavy atom. The fourth-order valence-corrected chi connectivity index (χ4v) is 2.73. The molecule has 0 radical (unpaired) electrons. The van der Waals surface area contributed by atoms with Crippen LogP contribution in [0.4, 0.5) is 5.69 Å². The zero-order valence-corrected chi connectivity index (χ0v) is 11.4. The minimum atomic E-state index is -0.0853. The van der Waals surface area contributed by atoms with E-state index in [0.717, 1.165) is 31.6 Å². The summed E-state index contributed by atoms with van der Waals surface area (Å²) in [6.07, 6.45) is 2.55. The van der Waals surface area contributed by atoms with Gasteiger partial charge in [-0.3, -0.25) is 9.59 Å². The fourth-order valence-electron chi connectivity index (χ4n) is 2.73. The van der Waals surface area contributed by atoms with E-state index in [4.69, 9.17) is 4.74 Å². The highest BCUT2D eigenvalue weighted by Gasteiger charge is 2.26. The zero-order valence-electron chi connectivity index (χ0n) is 11.4. The minimum absolute atomic E-state index is 0.0505. The lowest BCUT2D eigenvalue weighted by Crippen LogP contribution is -2.41. The van der Waals surface area contributed by atoms with Crippen LogP contribution in [-0.4, -0.2) is 43.0 Å². The van der Waals surface area contributed by atoms with Crippen LogP contribution in [0, 0.1) is 0 Å². The number of nitrogens with zero attached hydrogens (tertiary/aromatic N) is 2. The summed E-state index contributed by atoms with van der Waals surface area (Å²) in [4.78, 5) is 27.6. The molecule has 0 spiro atoms. The molecule has 20 heavy (non-hydrogen) atoms. The van der Waals surface area contributed by atoms with Gasteiger partial charge in [-0.1, -0.05) is 12.1 Å². The fraction of sp³-hybridized carbons (Fsp3) is 0.467. The van der Waals surface area contributed by atoms with E-state index in [-0.39, 0.29) is 18.4 Å². The monoisotopic (exact) mass is 274 g/mol. The summed E-state index contributed by atoms with van der Waals surface area (Å²) in [6.45, 7) is 2.18. The van der Waals surface area contributed by atoms with E-state index in [9.17, 15) is 9.59 Å². The van der Waals surface area contributed by atoms with E-state index >= 15 is 0 Å². The first-order valence-corrected chi connectivity index (χ1v) is 7.06. The van der Waals surface area contributed by atoms with Gasteiger partial charge in [0.2, 0.25) is 5.91 Å². The van der Waals surface area contributed by atoms with Gasteiger partial charge in [-0.2, -0.15) is 0 Å². The van der Waals surface area contributed by atoms with Crippen molar-refractivity contribution in [2.24, 2.45) is 0 Å². The number of fused-ring (bicyclic) bond motifs is 1. The van der Waals surface area contributed by atoms with Crippen molar-refractivity contribution in [2.75, 3.05) is 31.1 Å². The van der Waals surface area contributed by atoms with Crippen molar-refractivity contribution in [3.8, 4) is 5.75 Å². The Bertz CT molecular complexity index is 524. The number of anilines is 1. The lowest BCUT2D eigenvalue weighted by molar-refractivity contribution is -0.130. The molecular formula is C15H18N2O3. The first-order valence-electron chi connectivity index (χ1n) is 7.06. The highest BCUT2D eigenvalue weighted by Crippen LogP contribution is 2.31. The summed E-state index contributed by atoms with van der Waals surface area (Å²) in [5.74, 6) is 0.762. The summed E-state index contributed by atoms with van der Waals surface area (Å²) in [5, 5.41) is 0. The molecule has 0 saturated carbocycles. The molecule has 1 aromatic rings. The minimum Gasteiger partial charge on any atom is -0.482 e. The number of carbonyl (C=O) groups is 2. The van der Waals surface area contributed by atoms with Crippen molar-refractivity contribution in [3.05, 3.63) is 24.3 Å². The number of amides is 2. The van der Waals surface area contributed by atoms with Crippen molar-refractivity contribution >= 4 is 17.5 Å². The van der Waals surface area contributed by atoms with E-state index in [0.29, 0.717) is 18.7 Å². The standard InChI is InChI=1S/C15H18N2O3/c18-14(16-8-3-4-9-16)7-10-17-12-5-1-2-6-13(12)20-11-15(17)19/h1-2,5-6H,3-4,7-11H2. The van der Waals surface area contributed by atoms with Gasteiger partial charge in [0.25, 0.3) is 5.91 Å². The van der Waals surface area contributed by atoms with Gasteiger partial charge < -0.3 is 14.5 Å². The molecule has 0 aliphatic carbocycles. The van der Waals surface area contributed by atoms with Gasteiger partial charge in [0.15, 0.2) is 6.61 Å². The van der Waals surface area contributed by atoms with Crippen LogP contribution in [-0.2, 0) is 9.59 Å². The molecule has 2 aliphatic heterocycles. The average molecular weight is 274 g/mol. The Kier molecular flexibility index (Phi) is 3.58. The molecule has 2 aliphatic rings. The molecule has 2 amide bonds. The number of rotatable bonds is 3. The van der Waals surface area contributed by atoms with Crippen molar-refractivity contribution in [1.82, 2.24) is 4.90 Å². The van der Waals surface area contributed by atoms with E-state index in [1.54, 1.807) is 4.90 Å². The van der Waals surface area contributed by atoms with E-state index < -0.39 is 0 Å². The summed E-state index contributed by atoms with van der Waals surface area (Å²) >= 11 is 0. The van der Waals surface area contributed by atoms with Crippen LogP contribution in [0.1, 0.15) is 19.3 Å². The molecule has 0 N–H and O–H groups in total. The van der Waals surface area contributed by atoms with Crippen molar-refractivity contribution < 1.29 is 14.3 Å². The van der Waals surface area contributed by atoms with Crippen molar-refractivity contribution in [1.29, 1.82) is 0 Å². The molecule has 0 atom stereocenters. The number of hydrogen-bond acceptors (Lipinski definition) is 3. The van der Waals surface area contributed by atoms with Gasteiger partial charge in [-0.05, 0) is 25.0 Å². The van der Waals surface area contributed by atoms with E-state index in [2.05, 4.69) is 0 Å². The van der Waals surface area contributed by atoms with Crippen LogP contribution in [0.15, 0.2) is 24.3 Å². The Morgan fingerprint density at radius 1 is 1.20 bits per heavy atom. The maximum Gasteiger partial charge on any atom is 0.265 e. The van der Waals surface area contributed by atoms with Gasteiger partial charge in [-0.25, -0.2) is 0 Å². The molecule has 0 aromatic heterocycles. The van der Waals surface area contributed by atoms with Crippen LogP contribution in [0.3, 0.4) is 0 Å². The predicted molar refractivity (Wildman–Crippen MR) is 74.7 cm³/mol. The van der Waals surface area contributed by atoms with Crippen LogP contribution in [0.25, 0.3) is 0 Å². The summed E-state index contributed by atoms with van der Waals surface area (Å²) < 4.78 is 5.39. The van der Waals surface area contributed by atoms with E-state index in [1.165, 1.54) is 0 Å². The molecule has 0 bridgehead atoms. The Balaban J connectivity index is 1.67. The van der Waals surface area contributed by atoms with Gasteiger partial charge >= 0.3 is 0 Å². The van der Waals surface area contributed by atoms with E-state index in [1.807, 2.05) is 29.2 Å². The Morgan fingerprint density at radius 3 is 2.75 bits per heavy atom. The molecule has 1 fully saturated rings. The molecule has 3 rings (SSSR count). The molecule has 5 nitrogen and oxygen atoms in total. The molecule has 5 heteroatoms. The number of carbonyl (C=O) groups excluding carboxylic acids is 2. The zero-order chi connectivity index (χ0) is 13.9. The topological polar surface area (TPSA) is 49.9 Å². The number of likely N-dealkylation sites (tertiary alicyclic amines) is 1. The third kappa shape index (κ3) is 2.48. The first-order chi connectivity index (χ1) is 9.75. The normalized spacial score (nSPS) is 17.9. The second-order valence-electron chi connectivity index (χ2n) is 5.14. The van der Waals surface area contributed by atoms with Crippen molar-refractivity contribution in [2.45, 2.75) is 19.3 Å². The summed E-state index contributed by atoms with van der Waals surface area (Å²) in [7, 11) is 0. The van der Waals surface area contributed by atoms with Gasteiger partial charge in [0.05, 0.1) is 5.69 Å². The molecule has 1 saturated heterocycles. The lowest BCUT2D eigenvalue weighted by Gasteiger charge is -2.29. The average Bonchev–Trinajstić information content (AvgIpc) is 3.00. The van der Waals surface area contributed by atoms with Crippen LogP contribution < -0.4 is 9.64 Å². The van der Waals surface area contributed by atoms with Gasteiger partial charge in [-0.15, -0.1) is 0 Å². The highest BCUT2D eigenvalue weighted by molar-refractivity contribution is 5.98. The molecule has 1 aromatic carbocycles. The SMILES string of the molecule is O=C(CCN1C(=O)COc2ccccc21)N1CCCC1. The van der Waals surface area contributed by atoms with Crippen LogP contribution in [0.5, 0.6) is 5.75 Å². The van der Waals surface area contributed by atoms with Gasteiger partial charge in [0, 0.05) is 26.1 Å². The Labute approximate surface area is 118 Å². The predicted octanol–water partition coefficient (Wildman–Crippen LogP) is 1.42. The molecular weight excluding hydrogens is 256 g/mol. The lowest BCUT2D eigenvalue weighted by atomic mass is 10.2. The van der Waals surface area contributed by atoms with Gasteiger partial charge in [0.1, 0.15) is 5.75 Å². The van der Waals surface area contributed by atoms with Crippen LogP contribution in [0.2, 0.25) is 0 Å². The number of benzene rings is 1. The first kappa shape index (κ1) is 13.0. The highest BCUT2D eigenvalue weighted by atomic mass is 16.5.